The molecule has 0 aliphatic rings. The number of carbonyl (C=O) groups excluding carboxylic acids is 1. The molecule has 0 saturated heterocycles. The first-order chi connectivity index (χ1) is 8.29. The quantitative estimate of drug-likeness (QED) is 0.497. The number of ketones is 1. The van der Waals surface area contributed by atoms with Crippen LogP contribution in [0, 0.1) is 0 Å². The number of hydrogen-bond acceptors (Lipinski definition) is 2. The number of rotatable bonds is 8. The van der Waals surface area contributed by atoms with Gasteiger partial charge in [-0.25, -0.2) is 0 Å². The maximum Gasteiger partial charge on any atom is 0.166 e. The average Bonchev–Trinajstić information content (AvgIpc) is 2.38. The largest absolute Gasteiger partial charge is 0.493 e. The van der Waals surface area contributed by atoms with E-state index in [1.165, 1.54) is 19.3 Å². The fourth-order valence-corrected chi connectivity index (χ4v) is 1.72. The Balaban J connectivity index is 2.49. The predicted octanol–water partition coefficient (Wildman–Crippen LogP) is 4.24. The van der Waals surface area contributed by atoms with Crippen molar-refractivity contribution >= 4 is 5.78 Å². The summed E-state index contributed by atoms with van der Waals surface area (Å²) in [6.07, 6.45) is 5.25. The van der Waals surface area contributed by atoms with Gasteiger partial charge < -0.3 is 4.74 Å². The Morgan fingerprint density at radius 3 is 2.59 bits per heavy atom. The molecular weight excluding hydrogens is 212 g/mol. The van der Waals surface area contributed by atoms with Gasteiger partial charge in [0, 0.05) is 6.42 Å². The Kier molecular flexibility index (Phi) is 6.38. The number of carbonyl (C=O) groups is 1. The molecule has 0 atom stereocenters. The highest BCUT2D eigenvalue weighted by molar-refractivity contribution is 5.98. The van der Waals surface area contributed by atoms with Crippen LogP contribution in [0.3, 0.4) is 0 Å². The Bertz CT molecular complexity index is 345. The summed E-state index contributed by atoms with van der Waals surface area (Å²) in [5.41, 5.74) is 0.713. The van der Waals surface area contributed by atoms with E-state index in [0.717, 1.165) is 12.2 Å². The van der Waals surface area contributed by atoms with E-state index < -0.39 is 0 Å². The van der Waals surface area contributed by atoms with Gasteiger partial charge in [-0.2, -0.15) is 0 Å². The van der Waals surface area contributed by atoms with Crippen LogP contribution in [0.2, 0.25) is 0 Å². The molecule has 0 amide bonds. The zero-order valence-corrected chi connectivity index (χ0v) is 10.9. The second kappa shape index (κ2) is 7.88. The van der Waals surface area contributed by atoms with Crippen LogP contribution in [-0.2, 0) is 0 Å². The number of ether oxygens (including phenoxy) is 1. The number of para-hydroxylation sites is 1. The normalized spacial score (nSPS) is 10.2. The Morgan fingerprint density at radius 1 is 1.12 bits per heavy atom. The number of unbranched alkanes of at least 4 members (excludes halogenated alkanes) is 3. The molecule has 0 aliphatic carbocycles. The summed E-state index contributed by atoms with van der Waals surface area (Å²) in [4.78, 5) is 11.7. The van der Waals surface area contributed by atoms with Gasteiger partial charge in [-0.3, -0.25) is 4.79 Å². The van der Waals surface area contributed by atoms with Gasteiger partial charge in [0.05, 0.1) is 12.2 Å². The lowest BCUT2D eigenvalue weighted by molar-refractivity contribution is 0.0984. The molecule has 0 aromatic heterocycles. The van der Waals surface area contributed by atoms with Crippen molar-refractivity contribution in [2.24, 2.45) is 0 Å². The number of Topliss-reactive ketones (excluding diaryl/α,β-unsaturated/α-hetero) is 1. The van der Waals surface area contributed by atoms with Gasteiger partial charge in [0.15, 0.2) is 5.78 Å². The molecule has 0 spiro atoms. The van der Waals surface area contributed by atoms with E-state index >= 15 is 0 Å². The lowest BCUT2D eigenvalue weighted by Crippen LogP contribution is -2.04. The second-order valence-corrected chi connectivity index (χ2v) is 4.18. The highest BCUT2D eigenvalue weighted by Gasteiger charge is 2.09. The molecule has 2 heteroatoms. The highest BCUT2D eigenvalue weighted by Crippen LogP contribution is 2.20. The summed E-state index contributed by atoms with van der Waals surface area (Å²) in [6, 6.07) is 7.51. The fraction of sp³-hybridized carbons (Fsp3) is 0.533. The zero-order chi connectivity index (χ0) is 12.5. The fourth-order valence-electron chi connectivity index (χ4n) is 1.72. The molecule has 1 aromatic rings. The van der Waals surface area contributed by atoms with Crippen LogP contribution >= 0.6 is 0 Å². The number of benzene rings is 1. The van der Waals surface area contributed by atoms with Crippen LogP contribution in [0.5, 0.6) is 5.75 Å². The summed E-state index contributed by atoms with van der Waals surface area (Å²) < 4.78 is 5.69. The van der Waals surface area contributed by atoms with Crippen LogP contribution in [0.1, 0.15) is 56.3 Å². The van der Waals surface area contributed by atoms with E-state index in [9.17, 15) is 4.79 Å². The lowest BCUT2D eigenvalue weighted by Gasteiger charge is -2.09. The third kappa shape index (κ3) is 4.59. The van der Waals surface area contributed by atoms with E-state index in [0.29, 0.717) is 18.6 Å². The molecule has 0 radical (unpaired) electrons. The third-order valence-electron chi connectivity index (χ3n) is 2.76. The van der Waals surface area contributed by atoms with E-state index in [-0.39, 0.29) is 5.78 Å². The molecule has 0 unspecified atom stereocenters. The molecule has 17 heavy (non-hydrogen) atoms. The van der Waals surface area contributed by atoms with Crippen LogP contribution in [-0.4, -0.2) is 12.4 Å². The first-order valence-electron chi connectivity index (χ1n) is 6.54. The summed E-state index contributed by atoms with van der Waals surface area (Å²) >= 11 is 0. The SMILES string of the molecule is CCCCCCOc1ccccc1C(=O)CC. The van der Waals surface area contributed by atoms with Gasteiger partial charge >= 0.3 is 0 Å². The van der Waals surface area contributed by atoms with Crippen molar-refractivity contribution in [3.8, 4) is 5.75 Å². The molecule has 2 nitrogen and oxygen atoms in total. The molecule has 0 saturated carbocycles. The first-order valence-corrected chi connectivity index (χ1v) is 6.54. The second-order valence-electron chi connectivity index (χ2n) is 4.18. The maximum atomic E-state index is 11.7. The monoisotopic (exact) mass is 234 g/mol. The summed E-state index contributed by atoms with van der Waals surface area (Å²) in [5, 5.41) is 0. The Labute approximate surface area is 104 Å². The van der Waals surface area contributed by atoms with E-state index in [1.54, 1.807) is 0 Å². The summed E-state index contributed by atoms with van der Waals surface area (Å²) in [5.74, 6) is 0.880. The third-order valence-corrected chi connectivity index (χ3v) is 2.76. The molecule has 0 aliphatic heterocycles. The van der Waals surface area contributed by atoms with Gasteiger partial charge in [0.2, 0.25) is 0 Å². The molecule has 1 aromatic carbocycles. The van der Waals surface area contributed by atoms with Crippen LogP contribution in [0.4, 0.5) is 0 Å². The predicted molar refractivity (Wildman–Crippen MR) is 70.7 cm³/mol. The van der Waals surface area contributed by atoms with Crippen molar-refractivity contribution < 1.29 is 9.53 Å². The lowest BCUT2D eigenvalue weighted by atomic mass is 10.1. The minimum absolute atomic E-state index is 0.147. The van der Waals surface area contributed by atoms with Crippen LogP contribution in [0.15, 0.2) is 24.3 Å². The first kappa shape index (κ1) is 13.8. The van der Waals surface area contributed by atoms with Crippen molar-refractivity contribution in [1.82, 2.24) is 0 Å². The van der Waals surface area contributed by atoms with Crippen LogP contribution in [0.25, 0.3) is 0 Å². The van der Waals surface area contributed by atoms with Gasteiger partial charge in [-0.1, -0.05) is 45.2 Å². The van der Waals surface area contributed by atoms with E-state index in [2.05, 4.69) is 6.92 Å². The summed E-state index contributed by atoms with van der Waals surface area (Å²) in [7, 11) is 0. The molecule has 0 heterocycles. The van der Waals surface area contributed by atoms with Gasteiger partial charge in [-0.05, 0) is 18.6 Å². The summed E-state index contributed by atoms with van der Waals surface area (Å²) in [6.45, 7) is 4.77. The standard InChI is InChI=1S/C15H22O2/c1-3-5-6-9-12-17-15-11-8-7-10-13(15)14(16)4-2/h7-8,10-11H,3-6,9,12H2,1-2H3. The minimum Gasteiger partial charge on any atom is -0.493 e. The smallest absolute Gasteiger partial charge is 0.166 e. The van der Waals surface area contributed by atoms with Crippen molar-refractivity contribution in [2.75, 3.05) is 6.61 Å². The van der Waals surface area contributed by atoms with Gasteiger partial charge in [0.1, 0.15) is 5.75 Å². The zero-order valence-electron chi connectivity index (χ0n) is 10.9. The molecule has 1 rings (SSSR count). The van der Waals surface area contributed by atoms with Gasteiger partial charge in [-0.15, -0.1) is 0 Å². The van der Waals surface area contributed by atoms with E-state index in [1.807, 2.05) is 31.2 Å². The van der Waals surface area contributed by atoms with Crippen molar-refractivity contribution in [3.05, 3.63) is 29.8 Å². The Morgan fingerprint density at radius 2 is 1.88 bits per heavy atom. The van der Waals surface area contributed by atoms with Gasteiger partial charge in [0.25, 0.3) is 0 Å². The topological polar surface area (TPSA) is 26.3 Å². The maximum absolute atomic E-state index is 11.7. The average molecular weight is 234 g/mol. The Hall–Kier alpha value is -1.31. The number of hydrogen-bond donors (Lipinski definition) is 0. The van der Waals surface area contributed by atoms with Crippen molar-refractivity contribution in [2.45, 2.75) is 46.0 Å². The van der Waals surface area contributed by atoms with Crippen LogP contribution < -0.4 is 4.74 Å². The molecule has 0 bridgehead atoms. The molecule has 0 fully saturated rings. The van der Waals surface area contributed by atoms with Crippen molar-refractivity contribution in [3.63, 3.8) is 0 Å². The molecule has 94 valence electrons. The highest BCUT2D eigenvalue weighted by atomic mass is 16.5. The minimum atomic E-state index is 0.147. The molecular formula is C15H22O2. The van der Waals surface area contributed by atoms with E-state index in [4.69, 9.17) is 4.74 Å². The van der Waals surface area contributed by atoms with Crippen molar-refractivity contribution in [1.29, 1.82) is 0 Å². The molecule has 0 N–H and O–H groups in total.